The molecule has 5 heteroatoms. The van der Waals surface area contributed by atoms with Gasteiger partial charge in [-0.25, -0.2) is 4.90 Å². The molecule has 112 valence electrons. The van der Waals surface area contributed by atoms with Gasteiger partial charge in [0.15, 0.2) is 11.5 Å². The number of hydrogen-bond acceptors (Lipinski definition) is 4. The molecule has 2 heterocycles. The number of carbonyl (C=O) groups is 2. The van der Waals surface area contributed by atoms with E-state index < -0.39 is 0 Å². The predicted octanol–water partition coefficient (Wildman–Crippen LogP) is 1.77. The third-order valence-electron chi connectivity index (χ3n) is 5.25. The number of hydrogen-bond donors (Lipinski definition) is 0. The van der Waals surface area contributed by atoms with Crippen LogP contribution in [0.15, 0.2) is 30.4 Å². The number of amides is 2. The molecule has 0 radical (unpaired) electrons. The molecule has 22 heavy (non-hydrogen) atoms. The van der Waals surface area contributed by atoms with E-state index in [1.165, 1.54) is 4.90 Å². The van der Waals surface area contributed by atoms with Crippen molar-refractivity contribution in [3.05, 3.63) is 30.4 Å². The van der Waals surface area contributed by atoms with Gasteiger partial charge in [-0.3, -0.25) is 9.59 Å². The van der Waals surface area contributed by atoms with Crippen molar-refractivity contribution >= 4 is 17.5 Å². The first kappa shape index (κ1) is 12.3. The van der Waals surface area contributed by atoms with Crippen molar-refractivity contribution in [2.45, 2.75) is 6.42 Å². The zero-order valence-corrected chi connectivity index (χ0v) is 11.9. The van der Waals surface area contributed by atoms with Crippen molar-refractivity contribution < 1.29 is 19.1 Å². The van der Waals surface area contributed by atoms with Crippen LogP contribution in [0.5, 0.6) is 11.5 Å². The third kappa shape index (κ3) is 1.43. The van der Waals surface area contributed by atoms with Gasteiger partial charge in [-0.05, 0) is 30.4 Å². The Hall–Kier alpha value is -2.30. The van der Waals surface area contributed by atoms with Crippen LogP contribution in [-0.2, 0) is 9.59 Å². The molecule has 0 N–H and O–H groups in total. The molecule has 1 aromatic carbocycles. The van der Waals surface area contributed by atoms with E-state index in [2.05, 4.69) is 12.2 Å². The number of fused-ring (bicyclic) bond motifs is 6. The van der Waals surface area contributed by atoms with E-state index in [0.717, 1.165) is 6.42 Å². The second-order valence-electron chi connectivity index (χ2n) is 6.34. The number of benzene rings is 1. The van der Waals surface area contributed by atoms with Gasteiger partial charge in [0, 0.05) is 6.07 Å². The van der Waals surface area contributed by atoms with E-state index >= 15 is 0 Å². The molecule has 2 amide bonds. The summed E-state index contributed by atoms with van der Waals surface area (Å²) in [6, 6.07) is 5.27. The number of carbonyl (C=O) groups excluding carboxylic acids is 2. The van der Waals surface area contributed by atoms with Crippen molar-refractivity contribution in [1.29, 1.82) is 0 Å². The fourth-order valence-corrected chi connectivity index (χ4v) is 4.33. The average Bonchev–Trinajstić information content (AvgIpc) is 3.21. The SMILES string of the molecule is O=C1[C@@H]2[C@H](C(=O)N1c1ccc3c(c1)OCCO3)[C@@H]1C=C[C@H]2C1. The molecule has 2 bridgehead atoms. The highest BCUT2D eigenvalue weighted by Crippen LogP contribution is 2.53. The molecular formula is C17H15NO4. The van der Waals surface area contributed by atoms with Gasteiger partial charge < -0.3 is 9.47 Å². The summed E-state index contributed by atoms with van der Waals surface area (Å²) in [6.07, 6.45) is 5.15. The maximum absolute atomic E-state index is 12.8. The van der Waals surface area contributed by atoms with Crippen LogP contribution in [-0.4, -0.2) is 25.0 Å². The van der Waals surface area contributed by atoms with E-state index in [1.54, 1.807) is 18.2 Å². The summed E-state index contributed by atoms with van der Waals surface area (Å²) in [5.41, 5.74) is 0.591. The minimum Gasteiger partial charge on any atom is -0.486 e. The number of allylic oxidation sites excluding steroid dienone is 2. The molecule has 1 saturated carbocycles. The molecule has 0 aromatic heterocycles. The lowest BCUT2D eigenvalue weighted by Crippen LogP contribution is -2.33. The standard InChI is InChI=1S/C17H15NO4/c19-16-14-9-1-2-10(7-9)15(14)17(20)18(16)11-3-4-12-13(8-11)22-6-5-21-12/h1-4,8-10,14-15H,5-7H2/t9-,10+,14-,15+. The summed E-state index contributed by atoms with van der Waals surface area (Å²) in [6.45, 7) is 1.00. The lowest BCUT2D eigenvalue weighted by molar-refractivity contribution is -0.123. The second-order valence-corrected chi connectivity index (χ2v) is 6.34. The second kappa shape index (κ2) is 4.12. The van der Waals surface area contributed by atoms with Crippen molar-refractivity contribution in [3.8, 4) is 11.5 Å². The number of anilines is 1. The van der Waals surface area contributed by atoms with Crippen molar-refractivity contribution in [3.63, 3.8) is 0 Å². The zero-order chi connectivity index (χ0) is 14.8. The smallest absolute Gasteiger partial charge is 0.238 e. The maximum atomic E-state index is 12.8. The Morgan fingerprint density at radius 3 is 2.23 bits per heavy atom. The fraction of sp³-hybridized carbons (Fsp3) is 0.412. The number of rotatable bonds is 1. The van der Waals surface area contributed by atoms with Crippen LogP contribution in [0.4, 0.5) is 5.69 Å². The third-order valence-corrected chi connectivity index (χ3v) is 5.25. The first-order valence-corrected chi connectivity index (χ1v) is 7.70. The van der Waals surface area contributed by atoms with E-state index in [1.807, 2.05) is 0 Å². The highest BCUT2D eigenvalue weighted by atomic mass is 16.6. The van der Waals surface area contributed by atoms with Gasteiger partial charge >= 0.3 is 0 Å². The quantitative estimate of drug-likeness (QED) is 0.585. The molecule has 4 atom stereocenters. The van der Waals surface area contributed by atoms with Gasteiger partial charge in [0.1, 0.15) is 13.2 Å². The van der Waals surface area contributed by atoms with Crippen molar-refractivity contribution in [1.82, 2.24) is 0 Å². The van der Waals surface area contributed by atoms with Crippen LogP contribution < -0.4 is 14.4 Å². The maximum Gasteiger partial charge on any atom is 0.238 e. The Kier molecular flexibility index (Phi) is 2.30. The minimum atomic E-state index is -0.171. The molecule has 1 saturated heterocycles. The zero-order valence-electron chi connectivity index (χ0n) is 11.9. The van der Waals surface area contributed by atoms with E-state index in [9.17, 15) is 9.59 Å². The Morgan fingerprint density at radius 2 is 1.55 bits per heavy atom. The van der Waals surface area contributed by atoms with Gasteiger partial charge in [0.2, 0.25) is 11.8 Å². The van der Waals surface area contributed by atoms with E-state index in [-0.39, 0.29) is 35.5 Å². The number of ether oxygens (including phenoxy) is 2. The topological polar surface area (TPSA) is 55.8 Å². The van der Waals surface area contributed by atoms with E-state index in [4.69, 9.17) is 9.47 Å². The molecule has 5 rings (SSSR count). The molecule has 4 aliphatic rings. The molecule has 2 aliphatic carbocycles. The van der Waals surface area contributed by atoms with Gasteiger partial charge in [-0.1, -0.05) is 12.2 Å². The minimum absolute atomic E-state index is 0.0662. The van der Waals surface area contributed by atoms with Gasteiger partial charge in [0.25, 0.3) is 0 Å². The van der Waals surface area contributed by atoms with Crippen LogP contribution >= 0.6 is 0 Å². The molecule has 5 nitrogen and oxygen atoms in total. The van der Waals surface area contributed by atoms with Crippen molar-refractivity contribution in [2.75, 3.05) is 18.1 Å². The molecule has 0 unspecified atom stereocenters. The summed E-state index contributed by atoms with van der Waals surface area (Å²) in [5, 5.41) is 0. The Bertz CT molecular complexity index is 695. The highest BCUT2D eigenvalue weighted by Gasteiger charge is 2.59. The first-order valence-electron chi connectivity index (χ1n) is 7.70. The normalized spacial score (nSPS) is 34.5. The lowest BCUT2D eigenvalue weighted by Gasteiger charge is -2.22. The Balaban J connectivity index is 1.54. The van der Waals surface area contributed by atoms with Gasteiger partial charge in [-0.15, -0.1) is 0 Å². The summed E-state index contributed by atoms with van der Waals surface area (Å²) in [5.74, 6) is 1.25. The van der Waals surface area contributed by atoms with Gasteiger partial charge in [-0.2, -0.15) is 0 Å². The molecule has 1 aromatic rings. The monoisotopic (exact) mass is 297 g/mol. The summed E-state index contributed by atoms with van der Waals surface area (Å²) in [4.78, 5) is 26.9. The molecule has 0 spiro atoms. The Labute approximate surface area is 127 Å². The summed E-state index contributed by atoms with van der Waals surface area (Å²) in [7, 11) is 0. The lowest BCUT2D eigenvalue weighted by atomic mass is 9.85. The van der Waals surface area contributed by atoms with E-state index in [0.29, 0.717) is 30.4 Å². The molecular weight excluding hydrogens is 282 g/mol. The van der Waals surface area contributed by atoms with Crippen LogP contribution in [0.3, 0.4) is 0 Å². The van der Waals surface area contributed by atoms with Crippen LogP contribution in [0, 0.1) is 23.7 Å². The summed E-state index contributed by atoms with van der Waals surface area (Å²) >= 11 is 0. The van der Waals surface area contributed by atoms with Crippen molar-refractivity contribution in [2.24, 2.45) is 23.7 Å². The molecule has 2 aliphatic heterocycles. The first-order chi connectivity index (χ1) is 10.7. The van der Waals surface area contributed by atoms with Crippen LogP contribution in [0.1, 0.15) is 6.42 Å². The average molecular weight is 297 g/mol. The largest absolute Gasteiger partial charge is 0.486 e. The summed E-state index contributed by atoms with van der Waals surface area (Å²) < 4.78 is 11.0. The van der Waals surface area contributed by atoms with Crippen LogP contribution in [0.25, 0.3) is 0 Å². The number of imide groups is 1. The number of nitrogens with zero attached hydrogens (tertiary/aromatic N) is 1. The Morgan fingerprint density at radius 1 is 0.909 bits per heavy atom. The van der Waals surface area contributed by atoms with Crippen LogP contribution in [0.2, 0.25) is 0 Å². The molecule has 2 fully saturated rings. The fourth-order valence-electron chi connectivity index (χ4n) is 4.33. The predicted molar refractivity (Wildman–Crippen MR) is 77.6 cm³/mol. The van der Waals surface area contributed by atoms with Gasteiger partial charge in [0.05, 0.1) is 17.5 Å². The highest BCUT2D eigenvalue weighted by molar-refractivity contribution is 6.22.